The van der Waals surface area contributed by atoms with Gasteiger partial charge in [0.1, 0.15) is 6.61 Å². The molecule has 1 N–H and O–H groups in total. The molecule has 0 aliphatic carbocycles. The van der Waals surface area contributed by atoms with Crippen molar-refractivity contribution in [2.24, 2.45) is 0 Å². The molecule has 1 aliphatic rings. The van der Waals surface area contributed by atoms with Crippen molar-refractivity contribution in [1.82, 2.24) is 10.3 Å². The molecule has 3 aromatic rings. The summed E-state index contributed by atoms with van der Waals surface area (Å²) in [6.45, 7) is 2.36. The molecule has 2 heterocycles. The lowest BCUT2D eigenvalue weighted by Gasteiger charge is -2.11. The Bertz CT molecular complexity index is 799. The lowest BCUT2D eigenvalue weighted by atomic mass is 10.0. The molecule has 0 atom stereocenters. The average Bonchev–Trinajstić information content (AvgIpc) is 2.79. The predicted octanol–water partition coefficient (Wildman–Crippen LogP) is 3.31. The molecule has 1 aromatic heterocycles. The van der Waals surface area contributed by atoms with Gasteiger partial charge in [-0.1, -0.05) is 48.5 Å². The van der Waals surface area contributed by atoms with E-state index in [4.69, 9.17) is 9.72 Å². The molecule has 1 aliphatic heterocycles. The van der Waals surface area contributed by atoms with E-state index in [1.165, 1.54) is 16.5 Å². The lowest BCUT2D eigenvalue weighted by molar-refractivity contribution is 0.315. The molecule has 0 unspecified atom stereocenters. The second kappa shape index (κ2) is 5.78. The first-order valence-corrected chi connectivity index (χ1v) is 7.69. The summed E-state index contributed by atoms with van der Waals surface area (Å²) in [5.74, 6) is 0.776. The first-order valence-electron chi connectivity index (χ1n) is 7.69. The molecule has 0 bridgehead atoms. The minimum absolute atomic E-state index is 0.673. The minimum atomic E-state index is 0.673. The summed E-state index contributed by atoms with van der Waals surface area (Å²) >= 11 is 0. The fourth-order valence-electron chi connectivity index (χ4n) is 2.94. The monoisotopic (exact) mass is 290 g/mol. The summed E-state index contributed by atoms with van der Waals surface area (Å²) in [7, 11) is 0. The van der Waals surface area contributed by atoms with Gasteiger partial charge in [-0.25, -0.2) is 4.98 Å². The summed E-state index contributed by atoms with van der Waals surface area (Å²) in [5.41, 5.74) is 4.73. The van der Waals surface area contributed by atoms with Crippen LogP contribution in [0.25, 0.3) is 10.9 Å². The molecule has 2 aromatic carbocycles. The van der Waals surface area contributed by atoms with Gasteiger partial charge in [0.25, 0.3) is 0 Å². The maximum absolute atomic E-state index is 5.79. The Morgan fingerprint density at radius 2 is 1.95 bits per heavy atom. The molecule has 4 rings (SSSR count). The van der Waals surface area contributed by atoms with Crippen LogP contribution >= 0.6 is 0 Å². The van der Waals surface area contributed by atoms with Crippen LogP contribution < -0.4 is 10.1 Å². The first kappa shape index (κ1) is 13.3. The number of pyridine rings is 1. The molecule has 3 heteroatoms. The zero-order chi connectivity index (χ0) is 14.8. The summed E-state index contributed by atoms with van der Waals surface area (Å²) in [4.78, 5) is 4.81. The van der Waals surface area contributed by atoms with E-state index in [0.29, 0.717) is 6.61 Å². The van der Waals surface area contributed by atoms with E-state index in [1.54, 1.807) is 0 Å². The van der Waals surface area contributed by atoms with Crippen molar-refractivity contribution in [2.75, 3.05) is 13.2 Å². The van der Waals surface area contributed by atoms with E-state index in [1.807, 2.05) is 6.07 Å². The highest BCUT2D eigenvalue weighted by Crippen LogP contribution is 2.27. The Balaban J connectivity index is 1.80. The molecule has 0 amide bonds. The van der Waals surface area contributed by atoms with E-state index in [2.05, 4.69) is 53.8 Å². The number of hydrogen-bond donors (Lipinski definition) is 1. The smallest absolute Gasteiger partial charge is 0.218 e. The topological polar surface area (TPSA) is 34.1 Å². The second-order valence-electron chi connectivity index (χ2n) is 5.63. The molecular formula is C19H18N2O. The Morgan fingerprint density at radius 1 is 1.05 bits per heavy atom. The van der Waals surface area contributed by atoms with Crippen LogP contribution in [0.3, 0.4) is 0 Å². The highest BCUT2D eigenvalue weighted by molar-refractivity contribution is 5.83. The van der Waals surface area contributed by atoms with Gasteiger partial charge in [-0.05, 0) is 23.6 Å². The van der Waals surface area contributed by atoms with Crippen molar-refractivity contribution in [1.29, 1.82) is 0 Å². The number of nitrogens with zero attached hydrogens (tertiary/aromatic N) is 1. The van der Waals surface area contributed by atoms with E-state index in [9.17, 15) is 0 Å². The molecular weight excluding hydrogens is 272 g/mol. The molecule has 3 nitrogen and oxygen atoms in total. The van der Waals surface area contributed by atoms with Crippen molar-refractivity contribution in [3.63, 3.8) is 0 Å². The molecule has 0 saturated carbocycles. The third-order valence-electron chi connectivity index (χ3n) is 4.04. The predicted molar refractivity (Wildman–Crippen MR) is 88.2 cm³/mol. The van der Waals surface area contributed by atoms with E-state index >= 15 is 0 Å². The molecule has 0 spiro atoms. The SMILES string of the molecule is c1ccc(Cc2cccc3cc4c(nc23)OCCNC4)cc1. The number of nitrogens with one attached hydrogen (secondary N) is 1. The third kappa shape index (κ3) is 2.55. The highest BCUT2D eigenvalue weighted by Gasteiger charge is 2.13. The number of aromatic nitrogens is 1. The van der Waals surface area contributed by atoms with Crippen LogP contribution in [0.5, 0.6) is 5.88 Å². The molecule has 22 heavy (non-hydrogen) atoms. The van der Waals surface area contributed by atoms with Gasteiger partial charge in [-0.2, -0.15) is 0 Å². The van der Waals surface area contributed by atoms with Crippen molar-refractivity contribution in [3.8, 4) is 5.88 Å². The summed E-state index contributed by atoms with van der Waals surface area (Å²) in [6, 6.07) is 19.1. The summed E-state index contributed by atoms with van der Waals surface area (Å²) in [5, 5.41) is 4.54. The number of para-hydroxylation sites is 1. The average molecular weight is 290 g/mol. The molecule has 0 radical (unpaired) electrons. The molecule has 0 fully saturated rings. The largest absolute Gasteiger partial charge is 0.476 e. The Labute approximate surface area is 130 Å². The Morgan fingerprint density at radius 3 is 2.86 bits per heavy atom. The minimum Gasteiger partial charge on any atom is -0.476 e. The maximum atomic E-state index is 5.79. The van der Waals surface area contributed by atoms with Crippen molar-refractivity contribution < 1.29 is 4.74 Å². The highest BCUT2D eigenvalue weighted by atomic mass is 16.5. The normalized spacial score (nSPS) is 14.2. The van der Waals surface area contributed by atoms with E-state index in [-0.39, 0.29) is 0 Å². The quantitative estimate of drug-likeness (QED) is 0.786. The fraction of sp³-hybridized carbons (Fsp3) is 0.211. The van der Waals surface area contributed by atoms with E-state index in [0.717, 1.165) is 36.5 Å². The second-order valence-corrected chi connectivity index (χ2v) is 5.63. The number of hydrogen-bond acceptors (Lipinski definition) is 3. The van der Waals surface area contributed by atoms with Crippen molar-refractivity contribution in [3.05, 3.63) is 71.3 Å². The maximum Gasteiger partial charge on any atom is 0.218 e. The van der Waals surface area contributed by atoms with Gasteiger partial charge in [0.15, 0.2) is 0 Å². The van der Waals surface area contributed by atoms with Crippen LogP contribution in [-0.4, -0.2) is 18.1 Å². The fourth-order valence-corrected chi connectivity index (χ4v) is 2.94. The van der Waals surface area contributed by atoms with Crippen molar-refractivity contribution in [2.45, 2.75) is 13.0 Å². The summed E-state index contributed by atoms with van der Waals surface area (Å²) < 4.78 is 5.79. The first-order chi connectivity index (χ1) is 10.9. The van der Waals surface area contributed by atoms with Crippen LogP contribution in [0, 0.1) is 0 Å². The van der Waals surface area contributed by atoms with Crippen molar-refractivity contribution >= 4 is 10.9 Å². The van der Waals surface area contributed by atoms with Crippen LogP contribution in [-0.2, 0) is 13.0 Å². The zero-order valence-electron chi connectivity index (χ0n) is 12.4. The van der Waals surface area contributed by atoms with E-state index < -0.39 is 0 Å². The summed E-state index contributed by atoms with van der Waals surface area (Å²) in [6.07, 6.45) is 0.891. The van der Waals surface area contributed by atoms with Gasteiger partial charge in [-0.15, -0.1) is 0 Å². The Hall–Kier alpha value is -2.39. The number of rotatable bonds is 2. The number of ether oxygens (including phenoxy) is 1. The van der Waals surface area contributed by atoms with Gasteiger partial charge >= 0.3 is 0 Å². The Kier molecular flexibility index (Phi) is 3.49. The van der Waals surface area contributed by atoms with Gasteiger partial charge in [-0.3, -0.25) is 0 Å². The third-order valence-corrected chi connectivity index (χ3v) is 4.04. The van der Waals surface area contributed by atoms with Crippen LogP contribution in [0.2, 0.25) is 0 Å². The molecule has 0 saturated heterocycles. The van der Waals surface area contributed by atoms with Gasteiger partial charge in [0.2, 0.25) is 5.88 Å². The molecule has 110 valence electrons. The lowest BCUT2D eigenvalue weighted by Crippen LogP contribution is -2.16. The van der Waals surface area contributed by atoms with Crippen LogP contribution in [0.15, 0.2) is 54.6 Å². The zero-order valence-corrected chi connectivity index (χ0v) is 12.4. The standard InChI is InChI=1S/C19H18N2O/c1-2-5-14(6-3-1)11-15-7-4-8-16-12-17-13-20-9-10-22-19(17)21-18(15)16/h1-8,12,20H,9-11,13H2. The number of fused-ring (bicyclic) bond motifs is 2. The van der Waals surface area contributed by atoms with Crippen LogP contribution in [0.1, 0.15) is 16.7 Å². The van der Waals surface area contributed by atoms with Gasteiger partial charge in [0, 0.05) is 24.0 Å². The van der Waals surface area contributed by atoms with Gasteiger partial charge in [0.05, 0.1) is 5.52 Å². The van der Waals surface area contributed by atoms with Crippen LogP contribution in [0.4, 0.5) is 0 Å². The number of benzene rings is 2. The van der Waals surface area contributed by atoms with Gasteiger partial charge < -0.3 is 10.1 Å².